The van der Waals surface area contributed by atoms with E-state index in [0.29, 0.717) is 28.9 Å². The molecule has 0 atom stereocenters. The highest BCUT2D eigenvalue weighted by Gasteiger charge is 2.29. The van der Waals surface area contributed by atoms with Gasteiger partial charge in [0.25, 0.3) is 0 Å². The molecular formula is C24H19N3O3. The predicted octanol–water partition coefficient (Wildman–Crippen LogP) is 3.29. The Bertz CT molecular complexity index is 1220. The molecule has 0 bridgehead atoms. The summed E-state index contributed by atoms with van der Waals surface area (Å²) >= 11 is 0. The van der Waals surface area contributed by atoms with E-state index >= 15 is 0 Å². The molecule has 0 saturated heterocycles. The van der Waals surface area contributed by atoms with Crippen LogP contribution in [0.1, 0.15) is 43.0 Å². The first-order chi connectivity index (χ1) is 14.6. The third-order valence-electron chi connectivity index (χ3n) is 5.23. The highest BCUT2D eigenvalue weighted by Crippen LogP contribution is 2.28. The molecule has 0 aromatic heterocycles. The van der Waals surface area contributed by atoms with Crippen LogP contribution in [0.15, 0.2) is 72.9 Å². The van der Waals surface area contributed by atoms with Crippen LogP contribution in [0.25, 0.3) is 5.70 Å². The van der Waals surface area contributed by atoms with Gasteiger partial charge >= 0.3 is 0 Å². The van der Waals surface area contributed by atoms with Gasteiger partial charge in [0.2, 0.25) is 0 Å². The van der Waals surface area contributed by atoms with Gasteiger partial charge in [-0.15, -0.1) is 5.53 Å². The predicted molar refractivity (Wildman–Crippen MR) is 113 cm³/mol. The molecule has 30 heavy (non-hydrogen) atoms. The summed E-state index contributed by atoms with van der Waals surface area (Å²) in [5, 5.41) is 1.83. The molecule has 0 fully saturated rings. The Labute approximate surface area is 173 Å². The molecule has 0 amide bonds. The number of hydrogen-bond donors (Lipinski definition) is 2. The summed E-state index contributed by atoms with van der Waals surface area (Å²) < 4.78 is 5.96. The number of rotatable bonds is 4. The lowest BCUT2D eigenvalue weighted by molar-refractivity contribution is 0.0979. The lowest BCUT2D eigenvalue weighted by atomic mass is 9.83. The summed E-state index contributed by atoms with van der Waals surface area (Å²) in [5.41, 5.74) is 10.6. The maximum atomic E-state index is 12.9. The zero-order chi connectivity index (χ0) is 20.7. The number of hydrazine groups is 2. The molecule has 0 spiro atoms. The van der Waals surface area contributed by atoms with Crippen molar-refractivity contribution in [1.82, 2.24) is 16.0 Å². The minimum Gasteiger partial charge on any atom is -0.489 e. The van der Waals surface area contributed by atoms with Crippen LogP contribution in [0.3, 0.4) is 0 Å². The van der Waals surface area contributed by atoms with Gasteiger partial charge in [-0.05, 0) is 29.8 Å². The van der Waals surface area contributed by atoms with Gasteiger partial charge in [-0.3, -0.25) is 14.6 Å². The molecule has 2 N–H and O–H groups in total. The molecule has 2 aliphatic rings. The summed E-state index contributed by atoms with van der Waals surface area (Å²) in [5.74, 6) is 0.478. The lowest BCUT2D eigenvalue weighted by Gasteiger charge is -2.18. The number of carbonyl (C=O) groups is 2. The quantitative estimate of drug-likeness (QED) is 0.551. The first kappa shape index (κ1) is 18.1. The zero-order valence-corrected chi connectivity index (χ0v) is 16.3. The number of benzene rings is 3. The number of ether oxygens (including phenoxy) is 1. The second kappa shape index (κ2) is 7.17. The van der Waals surface area contributed by atoms with Gasteiger partial charge in [-0.2, -0.15) is 0 Å². The Morgan fingerprint density at radius 1 is 0.833 bits per heavy atom. The van der Waals surface area contributed by atoms with Crippen molar-refractivity contribution in [2.75, 3.05) is 7.05 Å². The minimum absolute atomic E-state index is 0.115. The largest absolute Gasteiger partial charge is 0.489 e. The van der Waals surface area contributed by atoms with Crippen LogP contribution in [0.5, 0.6) is 5.75 Å². The monoisotopic (exact) mass is 397 g/mol. The fraction of sp³-hybridized carbons (Fsp3) is 0.0833. The van der Waals surface area contributed by atoms with E-state index in [0.717, 1.165) is 22.6 Å². The normalized spacial score (nSPS) is 14.7. The first-order valence-corrected chi connectivity index (χ1v) is 9.61. The van der Waals surface area contributed by atoms with Crippen molar-refractivity contribution < 1.29 is 14.3 Å². The van der Waals surface area contributed by atoms with Gasteiger partial charge in [-0.1, -0.05) is 42.5 Å². The molecule has 0 unspecified atom stereocenters. The van der Waals surface area contributed by atoms with E-state index in [1.165, 1.54) is 0 Å². The van der Waals surface area contributed by atoms with Gasteiger partial charge in [0.05, 0.1) is 5.70 Å². The molecule has 6 heteroatoms. The summed E-state index contributed by atoms with van der Waals surface area (Å²) in [6, 6.07) is 20.0. The fourth-order valence-electron chi connectivity index (χ4n) is 3.71. The van der Waals surface area contributed by atoms with Crippen LogP contribution in [-0.2, 0) is 6.61 Å². The highest BCUT2D eigenvalue weighted by atomic mass is 16.5. The summed E-state index contributed by atoms with van der Waals surface area (Å²) in [6.07, 6.45) is 1.95. The van der Waals surface area contributed by atoms with Gasteiger partial charge in [0.1, 0.15) is 12.4 Å². The van der Waals surface area contributed by atoms with Crippen LogP contribution >= 0.6 is 0 Å². The molecule has 0 saturated carbocycles. The fourth-order valence-corrected chi connectivity index (χ4v) is 3.71. The third-order valence-corrected chi connectivity index (χ3v) is 5.23. The third kappa shape index (κ3) is 3.13. The Kier molecular flexibility index (Phi) is 4.34. The van der Waals surface area contributed by atoms with E-state index in [9.17, 15) is 9.59 Å². The van der Waals surface area contributed by atoms with Gasteiger partial charge in [0.15, 0.2) is 11.6 Å². The van der Waals surface area contributed by atoms with Crippen molar-refractivity contribution in [3.8, 4) is 5.75 Å². The van der Waals surface area contributed by atoms with Crippen molar-refractivity contribution in [3.05, 3.63) is 106 Å². The van der Waals surface area contributed by atoms with Gasteiger partial charge in [0, 0.05) is 41.1 Å². The molecular weight excluding hydrogens is 378 g/mol. The van der Waals surface area contributed by atoms with E-state index in [-0.39, 0.29) is 11.6 Å². The summed E-state index contributed by atoms with van der Waals surface area (Å²) in [6.45, 7) is 0.296. The molecule has 0 radical (unpaired) electrons. The van der Waals surface area contributed by atoms with E-state index in [1.807, 2.05) is 48.6 Å². The van der Waals surface area contributed by atoms with Crippen LogP contribution in [0, 0.1) is 0 Å². The topological polar surface area (TPSA) is 70.7 Å². The molecule has 148 valence electrons. The zero-order valence-electron chi connectivity index (χ0n) is 16.3. The number of hydrogen-bond acceptors (Lipinski definition) is 6. The maximum absolute atomic E-state index is 12.9. The van der Waals surface area contributed by atoms with Gasteiger partial charge < -0.3 is 10.2 Å². The van der Waals surface area contributed by atoms with E-state index in [4.69, 9.17) is 4.74 Å². The Hall–Kier alpha value is -3.90. The van der Waals surface area contributed by atoms with Crippen molar-refractivity contribution in [2.45, 2.75) is 6.61 Å². The molecule has 1 aliphatic heterocycles. The second-order valence-electron chi connectivity index (χ2n) is 7.29. The summed E-state index contributed by atoms with van der Waals surface area (Å²) in [4.78, 5) is 25.6. The minimum atomic E-state index is -0.125. The molecule has 3 aromatic carbocycles. The molecule has 5 rings (SSSR count). The molecule has 3 aromatic rings. The van der Waals surface area contributed by atoms with Crippen molar-refractivity contribution >= 4 is 17.3 Å². The number of ketones is 2. The smallest absolute Gasteiger partial charge is 0.194 e. The van der Waals surface area contributed by atoms with Crippen molar-refractivity contribution in [2.24, 2.45) is 0 Å². The Morgan fingerprint density at radius 3 is 2.30 bits per heavy atom. The van der Waals surface area contributed by atoms with Crippen LogP contribution < -0.4 is 15.7 Å². The molecule has 1 aliphatic carbocycles. The Balaban J connectivity index is 1.37. The average molecular weight is 397 g/mol. The van der Waals surface area contributed by atoms with Gasteiger partial charge in [-0.25, -0.2) is 0 Å². The summed E-state index contributed by atoms with van der Waals surface area (Å²) in [7, 11) is 1.90. The van der Waals surface area contributed by atoms with Crippen LogP contribution in [-0.4, -0.2) is 23.6 Å². The average Bonchev–Trinajstić information content (AvgIpc) is 3.22. The van der Waals surface area contributed by atoms with E-state index in [1.54, 1.807) is 36.4 Å². The lowest BCUT2D eigenvalue weighted by Crippen LogP contribution is -2.33. The number of fused-ring (bicyclic) bond motifs is 2. The maximum Gasteiger partial charge on any atom is 0.194 e. The van der Waals surface area contributed by atoms with Crippen molar-refractivity contribution in [1.29, 1.82) is 0 Å². The van der Waals surface area contributed by atoms with Crippen LogP contribution in [0.2, 0.25) is 0 Å². The number of nitrogens with zero attached hydrogens (tertiary/aromatic N) is 1. The van der Waals surface area contributed by atoms with E-state index in [2.05, 4.69) is 11.0 Å². The second-order valence-corrected chi connectivity index (χ2v) is 7.29. The molecule has 6 nitrogen and oxygen atoms in total. The Morgan fingerprint density at radius 2 is 1.57 bits per heavy atom. The first-order valence-electron chi connectivity index (χ1n) is 9.61. The van der Waals surface area contributed by atoms with Crippen LogP contribution in [0.4, 0.5) is 0 Å². The standard InChI is InChI=1S/C24H19N3O3/c1-27-13-22(25-26-27)16-5-4-6-17(12-16)30-14-15-9-10-20-21(11-15)24(29)19-8-3-2-7-18(19)23(20)28/h2-13,25-26H,14H2,1H3. The SMILES string of the molecule is CN1C=C(c2cccc(OCc3ccc4c(c3)C(=O)c3ccccc3C4=O)c2)NN1. The highest BCUT2D eigenvalue weighted by molar-refractivity contribution is 6.28. The van der Waals surface area contributed by atoms with Crippen molar-refractivity contribution in [3.63, 3.8) is 0 Å². The molecule has 1 heterocycles. The number of carbonyl (C=O) groups excluding carboxylic acids is 2. The van der Waals surface area contributed by atoms with E-state index < -0.39 is 0 Å². The number of nitrogens with one attached hydrogen (secondary N) is 2.